The third-order valence-corrected chi connectivity index (χ3v) is 3.22. The van der Waals surface area contributed by atoms with Crippen molar-refractivity contribution in [3.8, 4) is 11.5 Å². The molecule has 0 saturated carbocycles. The first kappa shape index (κ1) is 15.3. The molecule has 6 heteroatoms. The van der Waals surface area contributed by atoms with Crippen LogP contribution in [0.15, 0.2) is 24.3 Å². The average Bonchev–Trinajstić information content (AvgIpc) is 2.51. The molecule has 0 radical (unpaired) electrons. The highest BCUT2D eigenvalue weighted by atomic mass is 16.6. The van der Waals surface area contributed by atoms with Crippen LogP contribution in [0.1, 0.15) is 19.8 Å². The Morgan fingerprint density at radius 2 is 2.10 bits per heavy atom. The van der Waals surface area contributed by atoms with Crippen LogP contribution >= 0.6 is 0 Å². The van der Waals surface area contributed by atoms with Crippen molar-refractivity contribution >= 4 is 11.7 Å². The van der Waals surface area contributed by atoms with Crippen molar-refractivity contribution < 1.29 is 19.1 Å². The zero-order valence-corrected chi connectivity index (χ0v) is 12.0. The lowest BCUT2D eigenvalue weighted by molar-refractivity contribution is -0.139. The molecule has 1 aliphatic rings. The Kier molecular flexibility index (Phi) is 5.16. The molecule has 1 amide bonds. The van der Waals surface area contributed by atoms with Crippen LogP contribution < -0.4 is 20.5 Å². The van der Waals surface area contributed by atoms with E-state index >= 15 is 0 Å². The zero-order chi connectivity index (χ0) is 15.2. The molecule has 6 nitrogen and oxygen atoms in total. The van der Waals surface area contributed by atoms with E-state index in [-0.39, 0.29) is 12.6 Å². The molecule has 21 heavy (non-hydrogen) atoms. The third-order valence-electron chi connectivity index (χ3n) is 3.22. The lowest BCUT2D eigenvalue weighted by Crippen LogP contribution is -2.47. The first-order chi connectivity index (χ1) is 10.1. The Morgan fingerprint density at radius 3 is 2.81 bits per heavy atom. The van der Waals surface area contributed by atoms with Crippen molar-refractivity contribution in [1.29, 1.82) is 0 Å². The largest absolute Gasteiger partial charge is 0.486 e. The van der Waals surface area contributed by atoms with E-state index in [4.69, 9.17) is 15.2 Å². The second-order valence-electron chi connectivity index (χ2n) is 4.97. The summed E-state index contributed by atoms with van der Waals surface area (Å²) in [5.74, 6) is 0.0607. The van der Waals surface area contributed by atoms with E-state index in [0.29, 0.717) is 24.5 Å². The van der Waals surface area contributed by atoms with Crippen LogP contribution in [0.25, 0.3) is 0 Å². The minimum Gasteiger partial charge on any atom is -0.486 e. The number of hydrogen-bond acceptors (Lipinski definition) is 5. The minimum atomic E-state index is -0.737. The molecular weight excluding hydrogens is 272 g/mol. The summed E-state index contributed by atoms with van der Waals surface area (Å²) >= 11 is 0. The molecule has 1 aromatic carbocycles. The molecule has 0 saturated heterocycles. The number of Topliss-reactive ketones (excluding diaryl/α,β-unsaturated/α-hetero) is 1. The predicted octanol–water partition coefficient (Wildman–Crippen LogP) is 0.639. The molecule has 3 N–H and O–H groups in total. The first-order valence-corrected chi connectivity index (χ1v) is 7.08. The lowest BCUT2D eigenvalue weighted by atomic mass is 10.1. The van der Waals surface area contributed by atoms with Crippen LogP contribution in [-0.2, 0) is 9.59 Å². The number of ether oxygens (including phenoxy) is 2. The van der Waals surface area contributed by atoms with Gasteiger partial charge in [0.25, 0.3) is 5.91 Å². The Labute approximate surface area is 123 Å². The summed E-state index contributed by atoms with van der Waals surface area (Å²) in [6.07, 6.45) is 0.943. The van der Waals surface area contributed by atoms with Gasteiger partial charge >= 0.3 is 0 Å². The van der Waals surface area contributed by atoms with Gasteiger partial charge in [0.1, 0.15) is 12.7 Å². The van der Waals surface area contributed by atoms with Crippen molar-refractivity contribution in [3.05, 3.63) is 24.3 Å². The van der Waals surface area contributed by atoms with Crippen molar-refractivity contribution in [2.75, 3.05) is 13.2 Å². The molecule has 1 aliphatic heterocycles. The Balaban J connectivity index is 1.82. The van der Waals surface area contributed by atoms with Crippen LogP contribution in [0, 0.1) is 0 Å². The molecule has 1 aromatic rings. The number of ketones is 1. The van der Waals surface area contributed by atoms with Gasteiger partial charge in [-0.1, -0.05) is 25.5 Å². The number of fused-ring (bicyclic) bond motifs is 1. The van der Waals surface area contributed by atoms with Crippen LogP contribution in [0.4, 0.5) is 0 Å². The smallest absolute Gasteiger partial charge is 0.289 e. The summed E-state index contributed by atoms with van der Waals surface area (Å²) in [5.41, 5.74) is 5.63. The van der Waals surface area contributed by atoms with E-state index in [1.54, 1.807) is 6.07 Å². The van der Waals surface area contributed by atoms with Gasteiger partial charge in [0.05, 0.1) is 12.6 Å². The fourth-order valence-electron chi connectivity index (χ4n) is 2.07. The SMILES string of the molecule is CCCC(N)C(=O)C(=O)NCC1COc2ccccc2O1. The fourth-order valence-corrected chi connectivity index (χ4v) is 2.07. The molecule has 0 aromatic heterocycles. The van der Waals surface area contributed by atoms with Crippen molar-refractivity contribution in [1.82, 2.24) is 5.32 Å². The number of para-hydroxylation sites is 2. The summed E-state index contributed by atoms with van der Waals surface area (Å²) in [6.45, 7) is 2.44. The Hall–Kier alpha value is -2.08. The maximum absolute atomic E-state index is 11.7. The van der Waals surface area contributed by atoms with Crippen LogP contribution in [-0.4, -0.2) is 37.0 Å². The van der Waals surface area contributed by atoms with Crippen LogP contribution in [0.2, 0.25) is 0 Å². The number of hydrogen-bond donors (Lipinski definition) is 2. The van der Waals surface area contributed by atoms with Gasteiger partial charge in [0, 0.05) is 0 Å². The lowest BCUT2D eigenvalue weighted by Gasteiger charge is -2.26. The maximum Gasteiger partial charge on any atom is 0.289 e. The zero-order valence-electron chi connectivity index (χ0n) is 12.0. The van der Waals surface area contributed by atoms with Gasteiger partial charge in [-0.25, -0.2) is 0 Å². The topological polar surface area (TPSA) is 90.7 Å². The fraction of sp³-hybridized carbons (Fsp3) is 0.467. The Morgan fingerprint density at radius 1 is 1.38 bits per heavy atom. The number of carbonyl (C=O) groups excluding carboxylic acids is 2. The number of nitrogens with two attached hydrogens (primary N) is 1. The highest BCUT2D eigenvalue weighted by Gasteiger charge is 2.24. The summed E-state index contributed by atoms with van der Waals surface area (Å²) in [6, 6.07) is 6.58. The second kappa shape index (κ2) is 7.08. The van der Waals surface area contributed by atoms with Gasteiger partial charge in [-0.15, -0.1) is 0 Å². The summed E-state index contributed by atoms with van der Waals surface area (Å²) in [5, 5.41) is 2.55. The molecule has 2 atom stereocenters. The Bertz CT molecular complexity index is 518. The van der Waals surface area contributed by atoms with E-state index in [0.717, 1.165) is 6.42 Å². The van der Waals surface area contributed by atoms with E-state index in [1.165, 1.54) is 0 Å². The average molecular weight is 292 g/mol. The predicted molar refractivity (Wildman–Crippen MR) is 77.3 cm³/mol. The molecule has 0 fully saturated rings. The molecular formula is C15H20N2O4. The van der Waals surface area contributed by atoms with Gasteiger partial charge in [0.15, 0.2) is 11.5 Å². The quantitative estimate of drug-likeness (QED) is 0.751. The van der Waals surface area contributed by atoms with Crippen molar-refractivity contribution in [3.63, 3.8) is 0 Å². The van der Waals surface area contributed by atoms with Gasteiger partial charge in [-0.05, 0) is 18.6 Å². The van der Waals surface area contributed by atoms with E-state index in [9.17, 15) is 9.59 Å². The normalized spacial score (nSPS) is 17.9. The van der Waals surface area contributed by atoms with Crippen LogP contribution in [0.5, 0.6) is 11.5 Å². The van der Waals surface area contributed by atoms with E-state index in [2.05, 4.69) is 5.32 Å². The second-order valence-corrected chi connectivity index (χ2v) is 4.97. The summed E-state index contributed by atoms with van der Waals surface area (Å²) in [4.78, 5) is 23.4. The van der Waals surface area contributed by atoms with E-state index in [1.807, 2.05) is 25.1 Å². The summed E-state index contributed by atoms with van der Waals surface area (Å²) < 4.78 is 11.2. The monoisotopic (exact) mass is 292 g/mol. The van der Waals surface area contributed by atoms with Crippen LogP contribution in [0.3, 0.4) is 0 Å². The summed E-state index contributed by atoms with van der Waals surface area (Å²) in [7, 11) is 0. The van der Waals surface area contributed by atoms with Crippen molar-refractivity contribution in [2.24, 2.45) is 5.73 Å². The van der Waals surface area contributed by atoms with Gasteiger partial charge in [0.2, 0.25) is 5.78 Å². The van der Waals surface area contributed by atoms with Gasteiger partial charge < -0.3 is 20.5 Å². The van der Waals surface area contributed by atoms with Crippen molar-refractivity contribution in [2.45, 2.75) is 31.9 Å². The maximum atomic E-state index is 11.7. The highest BCUT2D eigenvalue weighted by Crippen LogP contribution is 2.30. The molecule has 2 rings (SSSR count). The number of rotatable bonds is 6. The standard InChI is InChI=1S/C15H20N2O4/c1-2-5-11(16)14(18)15(19)17-8-10-9-20-12-6-3-4-7-13(12)21-10/h3-4,6-7,10-11H,2,5,8-9,16H2,1H3,(H,17,19). The molecule has 0 spiro atoms. The minimum absolute atomic E-state index is 0.206. The third kappa shape index (κ3) is 3.95. The molecule has 0 aliphatic carbocycles. The van der Waals surface area contributed by atoms with E-state index < -0.39 is 17.7 Å². The molecule has 1 heterocycles. The highest BCUT2D eigenvalue weighted by molar-refractivity contribution is 6.38. The van der Waals surface area contributed by atoms with Gasteiger partial charge in [-0.3, -0.25) is 9.59 Å². The molecule has 114 valence electrons. The number of carbonyl (C=O) groups is 2. The first-order valence-electron chi connectivity index (χ1n) is 7.08. The van der Waals surface area contributed by atoms with Gasteiger partial charge in [-0.2, -0.15) is 0 Å². The number of benzene rings is 1. The molecule has 0 bridgehead atoms. The number of amides is 1. The molecule has 2 unspecified atom stereocenters. The number of nitrogens with one attached hydrogen (secondary N) is 1.